The number of rotatable bonds is 5. The van der Waals surface area contributed by atoms with Crippen LogP contribution in [0.4, 0.5) is 5.69 Å². The summed E-state index contributed by atoms with van der Waals surface area (Å²) in [5.41, 5.74) is 2.27. The summed E-state index contributed by atoms with van der Waals surface area (Å²) in [6, 6.07) is 15.1. The molecule has 0 N–H and O–H groups in total. The number of ether oxygens (including phenoxy) is 1. The number of likely N-dealkylation sites (N-methyl/N-ethyl adjacent to an activating group) is 1. The van der Waals surface area contributed by atoms with Crippen LogP contribution in [0.25, 0.3) is 11.4 Å². The van der Waals surface area contributed by atoms with E-state index < -0.39 is 0 Å². The minimum atomic E-state index is 0.0257. The molecule has 0 radical (unpaired) electrons. The van der Waals surface area contributed by atoms with E-state index in [1.54, 1.807) is 11.1 Å². The van der Waals surface area contributed by atoms with Gasteiger partial charge in [0, 0.05) is 12.3 Å². The zero-order valence-corrected chi connectivity index (χ0v) is 15.0. The van der Waals surface area contributed by atoms with Crippen LogP contribution >= 0.6 is 0 Å². The SMILES string of the molecule is CN(CC(=O)N1CCOc2ccccc21)Cc1cc(-c2ccccn2)no1. The van der Waals surface area contributed by atoms with Crippen LogP contribution in [0.3, 0.4) is 0 Å². The number of amides is 1. The quantitative estimate of drug-likeness (QED) is 0.693. The molecule has 0 bridgehead atoms. The van der Waals surface area contributed by atoms with Crippen LogP contribution < -0.4 is 9.64 Å². The molecule has 4 rings (SSSR count). The van der Waals surface area contributed by atoms with Crippen molar-refractivity contribution < 1.29 is 14.1 Å². The number of hydrogen-bond acceptors (Lipinski definition) is 6. The van der Waals surface area contributed by atoms with Gasteiger partial charge in [0.1, 0.15) is 18.1 Å². The van der Waals surface area contributed by atoms with Gasteiger partial charge in [0.2, 0.25) is 5.91 Å². The zero-order chi connectivity index (χ0) is 18.6. The van der Waals surface area contributed by atoms with Crippen molar-refractivity contribution in [1.82, 2.24) is 15.0 Å². The second-order valence-electron chi connectivity index (χ2n) is 6.43. The number of aromatic nitrogens is 2. The van der Waals surface area contributed by atoms with Crippen molar-refractivity contribution in [3.05, 3.63) is 60.5 Å². The first-order valence-electron chi connectivity index (χ1n) is 8.78. The molecule has 0 saturated heterocycles. The van der Waals surface area contributed by atoms with E-state index in [0.29, 0.717) is 31.2 Å². The van der Waals surface area contributed by atoms with Gasteiger partial charge in [0.05, 0.1) is 31.0 Å². The predicted octanol–water partition coefficient (Wildman–Crippen LogP) is 2.59. The van der Waals surface area contributed by atoms with Crippen molar-refractivity contribution in [2.45, 2.75) is 6.54 Å². The van der Waals surface area contributed by atoms with Gasteiger partial charge in [-0.25, -0.2) is 0 Å². The third-order valence-electron chi connectivity index (χ3n) is 4.35. The predicted molar refractivity (Wildman–Crippen MR) is 100 cm³/mol. The zero-order valence-electron chi connectivity index (χ0n) is 15.0. The number of carbonyl (C=O) groups excluding carboxylic acids is 1. The van der Waals surface area contributed by atoms with Crippen LogP contribution in [0, 0.1) is 0 Å². The van der Waals surface area contributed by atoms with E-state index in [1.165, 1.54) is 0 Å². The molecular weight excluding hydrogens is 344 g/mol. The Morgan fingerprint density at radius 1 is 1.19 bits per heavy atom. The molecule has 7 heteroatoms. The summed E-state index contributed by atoms with van der Waals surface area (Å²) in [6.07, 6.45) is 1.72. The maximum Gasteiger partial charge on any atom is 0.241 e. The Hall–Kier alpha value is -3.19. The first kappa shape index (κ1) is 17.2. The van der Waals surface area contributed by atoms with Crippen LogP contribution in [0.2, 0.25) is 0 Å². The lowest BCUT2D eigenvalue weighted by molar-refractivity contribution is -0.119. The molecule has 3 aromatic rings. The number of para-hydroxylation sites is 2. The second kappa shape index (κ2) is 7.59. The first-order valence-corrected chi connectivity index (χ1v) is 8.78. The Morgan fingerprint density at radius 3 is 2.89 bits per heavy atom. The third-order valence-corrected chi connectivity index (χ3v) is 4.35. The summed E-state index contributed by atoms with van der Waals surface area (Å²) in [6.45, 7) is 1.81. The van der Waals surface area contributed by atoms with Gasteiger partial charge >= 0.3 is 0 Å². The van der Waals surface area contributed by atoms with Gasteiger partial charge < -0.3 is 14.2 Å². The molecule has 0 spiro atoms. The number of nitrogens with zero attached hydrogens (tertiary/aromatic N) is 4. The average Bonchev–Trinajstić information content (AvgIpc) is 3.16. The molecule has 0 atom stereocenters. The molecule has 1 aliphatic rings. The molecule has 1 aromatic carbocycles. The maximum atomic E-state index is 12.8. The van der Waals surface area contributed by atoms with Crippen molar-refractivity contribution in [3.8, 4) is 17.1 Å². The number of fused-ring (bicyclic) bond motifs is 1. The van der Waals surface area contributed by atoms with Crippen LogP contribution in [-0.4, -0.2) is 47.7 Å². The van der Waals surface area contributed by atoms with Crippen LogP contribution in [0.1, 0.15) is 5.76 Å². The Labute approximate surface area is 157 Å². The maximum absolute atomic E-state index is 12.8. The Balaban J connectivity index is 1.39. The highest BCUT2D eigenvalue weighted by molar-refractivity contribution is 5.96. The summed E-state index contributed by atoms with van der Waals surface area (Å²) in [7, 11) is 1.88. The summed E-state index contributed by atoms with van der Waals surface area (Å²) >= 11 is 0. The molecule has 1 amide bonds. The minimum Gasteiger partial charge on any atom is -0.490 e. The molecule has 2 aromatic heterocycles. The van der Waals surface area contributed by atoms with Crippen molar-refractivity contribution in [3.63, 3.8) is 0 Å². The normalized spacial score (nSPS) is 13.3. The second-order valence-corrected chi connectivity index (χ2v) is 6.43. The van der Waals surface area contributed by atoms with Gasteiger partial charge in [-0.2, -0.15) is 0 Å². The average molecular weight is 364 g/mol. The number of benzene rings is 1. The largest absolute Gasteiger partial charge is 0.490 e. The van der Waals surface area contributed by atoms with E-state index in [4.69, 9.17) is 9.26 Å². The van der Waals surface area contributed by atoms with Crippen molar-refractivity contribution >= 4 is 11.6 Å². The number of carbonyl (C=O) groups is 1. The van der Waals surface area contributed by atoms with Gasteiger partial charge in [0.25, 0.3) is 0 Å². The standard InChI is InChI=1S/C20H20N4O3/c1-23(13-15-12-17(22-27-15)16-6-4-5-9-21-16)14-20(25)24-10-11-26-19-8-3-2-7-18(19)24/h2-9,12H,10-11,13-14H2,1H3. The Morgan fingerprint density at radius 2 is 2.04 bits per heavy atom. The molecule has 7 nitrogen and oxygen atoms in total. The minimum absolute atomic E-state index is 0.0257. The molecule has 138 valence electrons. The lowest BCUT2D eigenvalue weighted by atomic mass is 10.2. The number of pyridine rings is 1. The number of hydrogen-bond donors (Lipinski definition) is 0. The first-order chi connectivity index (χ1) is 13.2. The topological polar surface area (TPSA) is 71.7 Å². The highest BCUT2D eigenvalue weighted by Crippen LogP contribution is 2.31. The van der Waals surface area contributed by atoms with Crippen LogP contribution in [0.15, 0.2) is 59.3 Å². The molecule has 0 saturated carbocycles. The van der Waals surface area contributed by atoms with Gasteiger partial charge in [-0.05, 0) is 31.3 Å². The van der Waals surface area contributed by atoms with Crippen molar-refractivity contribution in [1.29, 1.82) is 0 Å². The lowest BCUT2D eigenvalue weighted by Gasteiger charge is -2.30. The molecule has 27 heavy (non-hydrogen) atoms. The summed E-state index contributed by atoms with van der Waals surface area (Å²) < 4.78 is 11.0. The number of anilines is 1. The third kappa shape index (κ3) is 3.83. The highest BCUT2D eigenvalue weighted by Gasteiger charge is 2.24. The fraction of sp³-hybridized carbons (Fsp3) is 0.250. The molecular formula is C20H20N4O3. The molecule has 1 aliphatic heterocycles. The van der Waals surface area contributed by atoms with E-state index in [0.717, 1.165) is 17.1 Å². The van der Waals surface area contributed by atoms with E-state index in [-0.39, 0.29) is 12.5 Å². The highest BCUT2D eigenvalue weighted by atomic mass is 16.5. The molecule has 3 heterocycles. The Kier molecular flexibility index (Phi) is 4.84. The fourth-order valence-corrected chi connectivity index (χ4v) is 3.09. The van der Waals surface area contributed by atoms with Crippen LogP contribution in [-0.2, 0) is 11.3 Å². The summed E-state index contributed by atoms with van der Waals surface area (Å²) in [5.74, 6) is 1.46. The van der Waals surface area contributed by atoms with E-state index >= 15 is 0 Å². The fourth-order valence-electron chi connectivity index (χ4n) is 3.09. The Bertz CT molecular complexity index is 926. The van der Waals surface area contributed by atoms with Gasteiger partial charge in [-0.1, -0.05) is 23.4 Å². The van der Waals surface area contributed by atoms with E-state index in [9.17, 15) is 4.79 Å². The van der Waals surface area contributed by atoms with Gasteiger partial charge in [0.15, 0.2) is 5.76 Å². The smallest absolute Gasteiger partial charge is 0.241 e. The van der Waals surface area contributed by atoms with Crippen molar-refractivity contribution in [2.75, 3.05) is 31.6 Å². The summed E-state index contributed by atoms with van der Waals surface area (Å²) in [4.78, 5) is 20.7. The van der Waals surface area contributed by atoms with Gasteiger partial charge in [-0.15, -0.1) is 0 Å². The molecule has 0 fully saturated rings. The van der Waals surface area contributed by atoms with E-state index in [2.05, 4.69) is 10.1 Å². The lowest BCUT2D eigenvalue weighted by Crippen LogP contribution is -2.43. The molecule has 0 aliphatic carbocycles. The monoisotopic (exact) mass is 364 g/mol. The van der Waals surface area contributed by atoms with Gasteiger partial charge in [-0.3, -0.25) is 14.7 Å². The summed E-state index contributed by atoms with van der Waals surface area (Å²) in [5, 5.41) is 4.06. The molecule has 0 unspecified atom stereocenters. The van der Waals surface area contributed by atoms with Crippen LogP contribution in [0.5, 0.6) is 5.75 Å². The van der Waals surface area contributed by atoms with E-state index in [1.807, 2.05) is 60.5 Å². The van der Waals surface area contributed by atoms with Crippen molar-refractivity contribution in [2.24, 2.45) is 0 Å².